The number of benzene rings is 16. The van der Waals surface area contributed by atoms with Gasteiger partial charge in [-0.25, -0.2) is 0 Å². The van der Waals surface area contributed by atoms with Crippen molar-refractivity contribution in [2.24, 2.45) is 11.8 Å². The lowest BCUT2D eigenvalue weighted by Crippen LogP contribution is -1.93. The predicted octanol–water partition coefficient (Wildman–Crippen LogP) is 43.9. The summed E-state index contributed by atoms with van der Waals surface area (Å²) in [5.41, 5.74) is 19.2. The van der Waals surface area contributed by atoms with Gasteiger partial charge in [0.1, 0.15) is 5.75 Å². The Balaban J connectivity index is -0.00000144. The van der Waals surface area contributed by atoms with Gasteiger partial charge in [0.25, 0.3) is 0 Å². The molecule has 738 valence electrons. The van der Waals surface area contributed by atoms with Crippen LogP contribution in [-0.2, 0) is 51.4 Å². The fraction of sp³-hybridized carbons (Fsp3) is 0.378. The van der Waals surface area contributed by atoms with Crippen molar-refractivity contribution in [2.45, 2.75) is 332 Å². The third-order valence-electron chi connectivity index (χ3n) is 22.7. The zero-order chi connectivity index (χ0) is 95.2. The van der Waals surface area contributed by atoms with E-state index in [4.69, 9.17) is 5.11 Å². The number of aromatic hydroxyl groups is 1. The highest BCUT2D eigenvalue weighted by molar-refractivity contribution is 6.23. The van der Waals surface area contributed by atoms with Crippen LogP contribution >= 0.6 is 0 Å². The monoisotopic (exact) mass is 1830 g/mol. The molecule has 0 heterocycles. The van der Waals surface area contributed by atoms with Crippen molar-refractivity contribution in [3.63, 3.8) is 0 Å². The third kappa shape index (κ3) is 44.8. The number of rotatable bonds is 13. The van der Waals surface area contributed by atoms with Gasteiger partial charge in [-0.1, -0.05) is 596 Å². The van der Waals surface area contributed by atoms with Crippen LogP contribution < -0.4 is 0 Å². The van der Waals surface area contributed by atoms with Gasteiger partial charge in [-0.15, -0.1) is 0 Å². The molecule has 0 atom stereocenters. The third-order valence-corrected chi connectivity index (χ3v) is 22.7. The molecule has 2 saturated carbocycles. The van der Waals surface area contributed by atoms with Crippen molar-refractivity contribution in [1.82, 2.24) is 0 Å². The summed E-state index contributed by atoms with van der Waals surface area (Å²) in [6.07, 6.45) is 26.0. The molecule has 0 aromatic heterocycles. The molecule has 2 aliphatic carbocycles. The summed E-state index contributed by atoms with van der Waals surface area (Å²) in [5.74, 6) is 3.88. The lowest BCUT2D eigenvalue weighted by atomic mass is 9.90. The summed E-state index contributed by atoms with van der Waals surface area (Å²) in [6.45, 7) is 51.3. The van der Waals surface area contributed by atoms with Crippen molar-refractivity contribution in [2.75, 3.05) is 0 Å². The van der Waals surface area contributed by atoms with Gasteiger partial charge in [0.05, 0.1) is 0 Å². The Morgan fingerprint density at radius 3 is 0.662 bits per heavy atom. The number of hydrogen-bond acceptors (Lipinski definition) is 1. The maximum Gasteiger partial charge on any atom is 0.115 e. The van der Waals surface area contributed by atoms with Crippen molar-refractivity contribution in [3.8, 4) is 16.9 Å². The van der Waals surface area contributed by atoms with Crippen LogP contribution in [0.1, 0.15) is 347 Å². The quantitative estimate of drug-likeness (QED) is 0.0693. The molecular weight excluding hydrogens is 1640 g/mol. The molecule has 0 unspecified atom stereocenters. The second-order valence-corrected chi connectivity index (χ2v) is 33.8. The predicted molar refractivity (Wildman–Crippen MR) is 630 cm³/mol. The van der Waals surface area contributed by atoms with Crippen molar-refractivity contribution in [1.29, 1.82) is 0 Å². The van der Waals surface area contributed by atoms with Gasteiger partial charge in [0, 0.05) is 0 Å². The molecule has 2 fully saturated rings. The molecule has 0 radical (unpaired) electrons. The summed E-state index contributed by atoms with van der Waals surface area (Å²) >= 11 is 0. The number of fused-ring (bicyclic) bond motifs is 5. The average molecular weight is 1830 g/mol. The molecule has 0 spiro atoms. The minimum atomic E-state index is 0. The van der Waals surface area contributed by atoms with Crippen molar-refractivity contribution >= 4 is 76.8 Å². The lowest BCUT2D eigenvalue weighted by Gasteiger charge is -2.14. The first-order valence-corrected chi connectivity index (χ1v) is 50.3. The number of aryl methyl sites for hydroxylation is 8. The highest BCUT2D eigenvalue weighted by atomic mass is 16.3. The fourth-order valence-electron chi connectivity index (χ4n) is 15.5. The van der Waals surface area contributed by atoms with E-state index in [2.05, 4.69) is 454 Å². The smallest absolute Gasteiger partial charge is 0.115 e. The molecule has 16 aromatic rings. The molecule has 16 aromatic carbocycles. The first-order valence-electron chi connectivity index (χ1n) is 50.3. The van der Waals surface area contributed by atoms with Crippen LogP contribution in [0.25, 0.3) is 87.9 Å². The van der Waals surface area contributed by atoms with Gasteiger partial charge in [-0.3, -0.25) is 0 Å². The van der Waals surface area contributed by atoms with E-state index in [0.717, 1.165) is 51.4 Å². The first kappa shape index (κ1) is 129. The van der Waals surface area contributed by atoms with Crippen molar-refractivity contribution in [3.05, 3.63) is 400 Å². The second kappa shape index (κ2) is 77.0. The maximum atomic E-state index is 8.94. The Hall–Kier alpha value is -11.1. The molecule has 2 aliphatic rings. The average Bonchev–Trinajstić information content (AvgIpc) is 0.778. The van der Waals surface area contributed by atoms with E-state index in [9.17, 15) is 0 Å². The fourth-order valence-corrected chi connectivity index (χ4v) is 15.5. The van der Waals surface area contributed by atoms with Crippen LogP contribution in [0.2, 0.25) is 0 Å². The van der Waals surface area contributed by atoms with Gasteiger partial charge in [0.2, 0.25) is 0 Å². The largest absolute Gasteiger partial charge is 0.508 e. The Bertz CT molecular complexity index is 5090. The van der Waals surface area contributed by atoms with E-state index in [-0.39, 0.29) is 44.6 Å². The molecule has 1 nitrogen and oxygen atoms in total. The zero-order valence-corrected chi connectivity index (χ0v) is 85.2. The molecule has 0 amide bonds. The van der Waals surface area contributed by atoms with Gasteiger partial charge < -0.3 is 5.11 Å². The number of phenols is 1. The van der Waals surface area contributed by atoms with Crippen LogP contribution in [0.5, 0.6) is 5.75 Å². The maximum absolute atomic E-state index is 8.94. The zero-order valence-electron chi connectivity index (χ0n) is 85.2. The molecule has 0 saturated heterocycles. The number of phenolic OH excluding ortho intramolecular Hbond substituents is 1. The minimum absolute atomic E-state index is 0. The molecular formula is C135H192O. The summed E-state index contributed by atoms with van der Waals surface area (Å²) in [4.78, 5) is 0. The van der Waals surface area contributed by atoms with E-state index in [1.165, 1.54) is 180 Å². The van der Waals surface area contributed by atoms with E-state index >= 15 is 0 Å². The highest BCUT2D eigenvalue weighted by Gasteiger charge is 2.30. The number of hydrogen-bond donors (Lipinski definition) is 1. The minimum Gasteiger partial charge on any atom is -0.508 e. The van der Waals surface area contributed by atoms with Crippen LogP contribution in [0.15, 0.2) is 334 Å². The SMILES string of the molecule is C.C.C.C.C.C.C1CC2CCC1C2.CC.CC.CC(C)c1ccc(O)cc1.CC(C)c1ccccc1.CCC.CCC.CCC.CCC.CCc1c2ccccc2c(CC)c2ccccc12.CCc1ccc(-c2ccc(CC)cc2)cc1.CCc1ccc(/C=C/c2ccc(CC)cc2)cc1.CCc1ccc(CC)cc1.c1cc2ccc3cccc4ccc(c1)c2c34.c1ccc2ccccc2c1. The molecule has 2 bridgehead atoms. The summed E-state index contributed by atoms with van der Waals surface area (Å²) < 4.78 is 0. The van der Waals surface area contributed by atoms with Gasteiger partial charge in [-0.05, 0) is 236 Å². The Labute approximate surface area is 837 Å². The molecule has 1 heteroatoms. The first-order chi connectivity index (χ1) is 63.4. The van der Waals surface area contributed by atoms with E-state index < -0.39 is 0 Å². The van der Waals surface area contributed by atoms with Crippen LogP contribution in [-0.4, -0.2) is 5.11 Å². The van der Waals surface area contributed by atoms with E-state index in [1.54, 1.807) is 44.2 Å². The van der Waals surface area contributed by atoms with Gasteiger partial charge >= 0.3 is 0 Å². The van der Waals surface area contributed by atoms with E-state index in [0.29, 0.717) is 17.6 Å². The summed E-state index contributed by atoms with van der Waals surface area (Å²) in [5, 5.41) is 25.4. The lowest BCUT2D eigenvalue weighted by molar-refractivity contribution is 0.475. The van der Waals surface area contributed by atoms with Gasteiger partial charge in [0.15, 0.2) is 0 Å². The van der Waals surface area contributed by atoms with Crippen LogP contribution in [0.3, 0.4) is 0 Å². The standard InChI is InChI=1S/C18H18.C18H20.C16H10.C16H18.C10H8.C10H14.C9H12O.C9H12.C7H12.4C3H8.2C2H6.6CH4/c1-3-13-15-9-5-7-11-17(15)14(4-2)18-12-8-6-10-16(13)18;1-3-15-5-9-17(10-6-15)13-14-18-11-7-16(4-2)8-12-18;1-3-11-7-9-13-5-2-6-14-10-8-12(4-1)15(11)16(13)14;1-3-13-5-9-15(10-6-13)16-11-7-14(4-2)8-12-16;1-2-6-10-8-4-3-7-9(10)5-1;1-3-9-5-7-10(4-2)8-6-9;1-7(2)8-3-5-9(10)6-4-8;1-8(2)9-6-4-3-5-7-9;1-2-7-4-3-6(1)5-7;4*1-3-2;2*1-2;;;;;;/h5-12H,3-4H2,1-2H3;5-14H,3-4H2,1-2H3;1-10H;5-12H,3-4H2,1-2H3;1-8H;5-8H,3-4H2,1-2H3;3-7,10H,1-2H3;3-8H,1-2H3;6-7H,1-5H2;4*3H2,1-2H3;2*1-2H3;6*1H4/b;14-13+;;;;;;;;;;;;;;;;;;;. The van der Waals surface area contributed by atoms with Gasteiger partial charge in [-0.2, -0.15) is 0 Å². The summed E-state index contributed by atoms with van der Waals surface area (Å²) in [6, 6.07) is 118. The Morgan fingerprint density at radius 2 is 0.449 bits per heavy atom. The van der Waals surface area contributed by atoms with E-state index in [1.807, 2.05) is 45.9 Å². The topological polar surface area (TPSA) is 20.2 Å². The molecule has 1 N–H and O–H groups in total. The normalized spacial score (nSPS) is 11.5. The summed E-state index contributed by atoms with van der Waals surface area (Å²) in [7, 11) is 0. The van der Waals surface area contributed by atoms with Crippen LogP contribution in [0, 0.1) is 11.8 Å². The Kier molecular flexibility index (Phi) is 73.0. The second-order valence-electron chi connectivity index (χ2n) is 33.8. The van der Waals surface area contributed by atoms with Crippen LogP contribution in [0.4, 0.5) is 0 Å². The van der Waals surface area contributed by atoms with Crippen molar-refractivity contribution < 1.29 is 5.11 Å². The molecule has 18 rings (SSSR count). The Morgan fingerprint density at radius 1 is 0.235 bits per heavy atom. The molecule has 136 heavy (non-hydrogen) atoms. The molecule has 0 aliphatic heterocycles. The highest BCUT2D eigenvalue weighted by Crippen LogP contribution is 2.44.